The molecule has 1 aliphatic carbocycles. The van der Waals surface area contributed by atoms with Crippen LogP contribution in [0, 0.1) is 5.92 Å². The average Bonchev–Trinajstić information content (AvgIpc) is 2.52. The van der Waals surface area contributed by atoms with Gasteiger partial charge in [0.1, 0.15) is 5.75 Å². The molecule has 3 aliphatic rings. The number of amides is 1. The van der Waals surface area contributed by atoms with Crippen molar-refractivity contribution >= 4 is 11.6 Å². The number of halogens is 3. The molecular weight excluding hydrogens is 321 g/mol. The molecule has 24 heavy (non-hydrogen) atoms. The summed E-state index contributed by atoms with van der Waals surface area (Å²) in [7, 11) is 3.59. The number of carbonyl (C=O) groups excluding carboxylic acids is 1. The number of benzene rings is 1. The van der Waals surface area contributed by atoms with Crippen LogP contribution in [-0.2, 0) is 16.8 Å². The summed E-state index contributed by atoms with van der Waals surface area (Å²) >= 11 is 0. The van der Waals surface area contributed by atoms with E-state index < -0.39 is 18.1 Å². The van der Waals surface area contributed by atoms with E-state index in [0.29, 0.717) is 12.8 Å². The second-order valence-corrected chi connectivity index (χ2v) is 6.94. The Morgan fingerprint density at radius 3 is 2.71 bits per heavy atom. The van der Waals surface area contributed by atoms with Gasteiger partial charge in [0.2, 0.25) is 0 Å². The number of hydrogen-bond donors (Lipinski definition) is 0. The van der Waals surface area contributed by atoms with Gasteiger partial charge in [0.15, 0.2) is 0 Å². The first-order valence-corrected chi connectivity index (χ1v) is 8.05. The van der Waals surface area contributed by atoms with E-state index in [1.54, 1.807) is 7.11 Å². The molecule has 130 valence electrons. The van der Waals surface area contributed by atoms with Gasteiger partial charge in [0, 0.05) is 31.1 Å². The minimum absolute atomic E-state index is 0.0605. The first-order chi connectivity index (χ1) is 11.2. The number of carbonyl (C=O) groups is 1. The summed E-state index contributed by atoms with van der Waals surface area (Å²) in [4.78, 5) is 15.0. The maximum atomic E-state index is 12.9. The van der Waals surface area contributed by atoms with Crippen LogP contribution in [0.1, 0.15) is 24.5 Å². The molecule has 1 saturated heterocycles. The van der Waals surface area contributed by atoms with Crippen molar-refractivity contribution in [2.45, 2.75) is 37.5 Å². The van der Waals surface area contributed by atoms with Crippen LogP contribution in [0.2, 0.25) is 0 Å². The highest BCUT2D eigenvalue weighted by atomic mass is 19.4. The lowest BCUT2D eigenvalue weighted by atomic mass is 9.57. The van der Waals surface area contributed by atoms with Crippen molar-refractivity contribution in [3.05, 3.63) is 23.3 Å². The third-order valence-electron chi connectivity index (χ3n) is 6.21. The van der Waals surface area contributed by atoms with E-state index in [1.807, 2.05) is 26.1 Å². The minimum Gasteiger partial charge on any atom is -0.495 e. The Hall–Kier alpha value is -1.92. The van der Waals surface area contributed by atoms with Gasteiger partial charge in [-0.15, -0.1) is 0 Å². The highest BCUT2D eigenvalue weighted by Crippen LogP contribution is 2.63. The molecule has 1 aromatic carbocycles. The molecule has 1 amide bonds. The number of methoxy groups -OCH3 is 1. The standard InChI is InChI=1S/C17H19F3N2O2/c1-9-11-8-10-4-5-12(24-3)14-13(10)16(9,21(14)2)6-7-22(11)15(23)17(18,19)20/h4-5,9,11H,6-8H2,1-3H3/t9?,11?,16-/m0/s1. The van der Waals surface area contributed by atoms with Crippen molar-refractivity contribution in [2.24, 2.45) is 5.92 Å². The van der Waals surface area contributed by atoms with E-state index in [1.165, 1.54) is 5.56 Å². The van der Waals surface area contributed by atoms with Gasteiger partial charge in [-0.3, -0.25) is 4.79 Å². The third kappa shape index (κ3) is 1.62. The van der Waals surface area contributed by atoms with Gasteiger partial charge in [-0.2, -0.15) is 13.2 Å². The highest BCUT2D eigenvalue weighted by molar-refractivity contribution is 5.84. The second kappa shape index (κ2) is 4.58. The molecule has 1 fully saturated rings. The number of rotatable bonds is 1. The Morgan fingerprint density at radius 2 is 2.08 bits per heavy atom. The fourth-order valence-electron chi connectivity index (χ4n) is 5.10. The molecule has 1 spiro atoms. The van der Waals surface area contributed by atoms with Crippen LogP contribution in [0.15, 0.2) is 12.1 Å². The maximum Gasteiger partial charge on any atom is 0.471 e. The molecule has 2 aliphatic heterocycles. The van der Waals surface area contributed by atoms with Gasteiger partial charge in [-0.25, -0.2) is 0 Å². The van der Waals surface area contributed by atoms with Crippen LogP contribution in [-0.4, -0.2) is 43.7 Å². The summed E-state index contributed by atoms with van der Waals surface area (Å²) in [6.07, 6.45) is -3.85. The molecule has 0 N–H and O–H groups in total. The van der Waals surface area contributed by atoms with E-state index in [2.05, 4.69) is 4.90 Å². The predicted octanol–water partition coefficient (Wildman–Crippen LogP) is 2.70. The van der Waals surface area contributed by atoms with Crippen LogP contribution >= 0.6 is 0 Å². The SMILES string of the molecule is COc1ccc2c3c1N(C)[C@]31CCN(C(=O)C(F)(F)F)C(C2)C1C. The Labute approximate surface area is 138 Å². The van der Waals surface area contributed by atoms with Crippen molar-refractivity contribution in [1.82, 2.24) is 4.90 Å². The molecule has 2 bridgehead atoms. The quantitative estimate of drug-likeness (QED) is 0.788. The molecule has 2 heterocycles. The zero-order valence-corrected chi connectivity index (χ0v) is 13.8. The van der Waals surface area contributed by atoms with E-state index >= 15 is 0 Å². The number of nitrogens with zero attached hydrogens (tertiary/aromatic N) is 2. The highest BCUT2D eigenvalue weighted by Gasteiger charge is 2.63. The summed E-state index contributed by atoms with van der Waals surface area (Å²) in [5.74, 6) is -0.982. The van der Waals surface area contributed by atoms with E-state index in [0.717, 1.165) is 21.9 Å². The van der Waals surface area contributed by atoms with Crippen molar-refractivity contribution in [3.8, 4) is 5.75 Å². The number of anilines is 1. The molecule has 4 nitrogen and oxygen atoms in total. The van der Waals surface area contributed by atoms with Gasteiger partial charge in [0.25, 0.3) is 0 Å². The Morgan fingerprint density at radius 1 is 1.38 bits per heavy atom. The summed E-state index contributed by atoms with van der Waals surface area (Å²) < 4.78 is 44.3. The second-order valence-electron chi connectivity index (χ2n) is 6.94. The minimum atomic E-state index is -4.82. The summed E-state index contributed by atoms with van der Waals surface area (Å²) in [5, 5.41) is 0. The van der Waals surface area contributed by atoms with Gasteiger partial charge < -0.3 is 14.5 Å². The van der Waals surface area contributed by atoms with Crippen molar-refractivity contribution in [1.29, 1.82) is 0 Å². The number of hydrogen-bond acceptors (Lipinski definition) is 3. The van der Waals surface area contributed by atoms with Crippen LogP contribution < -0.4 is 9.64 Å². The van der Waals surface area contributed by atoms with Crippen LogP contribution in [0.4, 0.5) is 18.9 Å². The number of likely N-dealkylation sites (tertiary alicyclic amines) is 1. The smallest absolute Gasteiger partial charge is 0.471 e. The molecule has 4 rings (SSSR count). The fourth-order valence-corrected chi connectivity index (χ4v) is 5.10. The average molecular weight is 340 g/mol. The lowest BCUT2D eigenvalue weighted by Gasteiger charge is -2.65. The summed E-state index contributed by atoms with van der Waals surface area (Å²) in [6, 6.07) is 3.36. The molecule has 0 aromatic heterocycles. The van der Waals surface area contributed by atoms with E-state index in [9.17, 15) is 18.0 Å². The van der Waals surface area contributed by atoms with Crippen LogP contribution in [0.3, 0.4) is 0 Å². The molecule has 7 heteroatoms. The lowest BCUT2D eigenvalue weighted by molar-refractivity contribution is -0.192. The lowest BCUT2D eigenvalue weighted by Crippen LogP contribution is -2.70. The Kier molecular flexibility index (Phi) is 2.98. The summed E-state index contributed by atoms with van der Waals surface area (Å²) in [5.41, 5.74) is 2.99. The molecule has 0 saturated carbocycles. The van der Waals surface area contributed by atoms with Gasteiger partial charge in [0.05, 0.1) is 18.3 Å². The number of piperidine rings is 1. The van der Waals surface area contributed by atoms with Gasteiger partial charge in [-0.1, -0.05) is 13.0 Å². The molecule has 2 unspecified atom stereocenters. The monoisotopic (exact) mass is 340 g/mol. The Bertz CT molecular complexity index is 733. The topological polar surface area (TPSA) is 32.8 Å². The van der Waals surface area contributed by atoms with Crippen molar-refractivity contribution in [2.75, 3.05) is 25.6 Å². The molecule has 1 aromatic rings. The largest absolute Gasteiger partial charge is 0.495 e. The summed E-state index contributed by atoms with van der Waals surface area (Å²) in [6.45, 7) is 2.09. The van der Waals surface area contributed by atoms with Crippen molar-refractivity contribution in [3.63, 3.8) is 0 Å². The first kappa shape index (κ1) is 15.6. The molecule has 0 radical (unpaired) electrons. The predicted molar refractivity (Wildman–Crippen MR) is 82.1 cm³/mol. The van der Waals surface area contributed by atoms with Crippen molar-refractivity contribution < 1.29 is 22.7 Å². The zero-order valence-electron chi connectivity index (χ0n) is 13.8. The van der Waals surface area contributed by atoms with Crippen LogP contribution in [0.25, 0.3) is 0 Å². The third-order valence-corrected chi connectivity index (χ3v) is 6.21. The van der Waals surface area contributed by atoms with E-state index in [4.69, 9.17) is 4.74 Å². The van der Waals surface area contributed by atoms with Crippen LogP contribution in [0.5, 0.6) is 5.75 Å². The first-order valence-electron chi connectivity index (χ1n) is 8.05. The Balaban J connectivity index is 1.80. The zero-order chi connectivity index (χ0) is 17.4. The number of alkyl halides is 3. The van der Waals surface area contributed by atoms with Gasteiger partial charge >= 0.3 is 12.1 Å². The maximum absolute atomic E-state index is 12.9. The van der Waals surface area contributed by atoms with Gasteiger partial charge in [-0.05, 0) is 24.5 Å². The van der Waals surface area contributed by atoms with E-state index in [-0.39, 0.29) is 18.0 Å². The molecular formula is C17H19F3N2O2. The fraction of sp³-hybridized carbons (Fsp3) is 0.588. The normalized spacial score (nSPS) is 30.6. The molecule has 3 atom stereocenters. The number of ether oxygens (including phenoxy) is 1. The number of fused-ring (bicyclic) bond motifs is 1.